The lowest BCUT2D eigenvalue weighted by molar-refractivity contribution is -0.132. The van der Waals surface area contributed by atoms with Gasteiger partial charge in [0.15, 0.2) is 0 Å². The Kier molecular flexibility index (Phi) is 4.99. The second-order valence-electron chi connectivity index (χ2n) is 5.69. The predicted molar refractivity (Wildman–Crippen MR) is 85.3 cm³/mol. The van der Waals surface area contributed by atoms with Crippen molar-refractivity contribution in [3.05, 3.63) is 30.3 Å². The van der Waals surface area contributed by atoms with Crippen LogP contribution in [0.1, 0.15) is 19.3 Å². The van der Waals surface area contributed by atoms with E-state index in [1.807, 2.05) is 22.7 Å². The second-order valence-corrected chi connectivity index (χ2v) is 6.78. The minimum Gasteiger partial charge on any atom is -0.341 e. The monoisotopic (exact) mass is 312 g/mol. The Balaban J connectivity index is 0.00000147. The molecule has 3 rings (SSSR count). The maximum Gasteiger partial charge on any atom is 0.242 e. The molecule has 3 nitrogen and oxygen atoms in total. The van der Waals surface area contributed by atoms with E-state index in [1.165, 1.54) is 4.90 Å². The Hall–Kier alpha value is -0.710. The summed E-state index contributed by atoms with van der Waals surface area (Å²) in [7, 11) is 0. The average Bonchev–Trinajstić information content (AvgIpc) is 3.03. The summed E-state index contributed by atoms with van der Waals surface area (Å²) in [4.78, 5) is 15.4. The Labute approximate surface area is 130 Å². The van der Waals surface area contributed by atoms with Crippen LogP contribution in [0, 0.1) is 5.92 Å². The molecule has 1 aliphatic carbocycles. The fourth-order valence-electron chi connectivity index (χ4n) is 2.55. The molecule has 0 aromatic heterocycles. The molecule has 20 heavy (non-hydrogen) atoms. The topological polar surface area (TPSA) is 46.3 Å². The average molecular weight is 313 g/mol. The van der Waals surface area contributed by atoms with Crippen molar-refractivity contribution in [1.29, 1.82) is 0 Å². The van der Waals surface area contributed by atoms with Crippen molar-refractivity contribution in [2.75, 3.05) is 18.8 Å². The van der Waals surface area contributed by atoms with Crippen LogP contribution in [0.5, 0.6) is 0 Å². The highest BCUT2D eigenvalue weighted by Crippen LogP contribution is 2.36. The third-order valence-corrected chi connectivity index (χ3v) is 5.26. The molecule has 1 aromatic carbocycles. The first-order chi connectivity index (χ1) is 9.17. The third-order valence-electron chi connectivity index (χ3n) is 4.02. The summed E-state index contributed by atoms with van der Waals surface area (Å²) in [6, 6.07) is 10.5. The zero-order chi connectivity index (χ0) is 13.3. The van der Waals surface area contributed by atoms with E-state index in [0.717, 1.165) is 38.1 Å². The number of thioether (sulfide) groups is 1. The number of halogens is 1. The van der Waals surface area contributed by atoms with Gasteiger partial charge in [0.2, 0.25) is 5.91 Å². The van der Waals surface area contributed by atoms with E-state index in [2.05, 4.69) is 24.3 Å². The van der Waals surface area contributed by atoms with Crippen molar-refractivity contribution in [3.8, 4) is 0 Å². The molecule has 1 saturated heterocycles. The highest BCUT2D eigenvalue weighted by Gasteiger charge is 2.49. The van der Waals surface area contributed by atoms with E-state index in [-0.39, 0.29) is 18.3 Å². The summed E-state index contributed by atoms with van der Waals surface area (Å²) in [5.41, 5.74) is 5.49. The smallest absolute Gasteiger partial charge is 0.242 e. The molecular weight excluding hydrogens is 292 g/mol. The number of benzene rings is 1. The second kappa shape index (κ2) is 6.37. The minimum absolute atomic E-state index is 0. The predicted octanol–water partition coefficient (Wildman–Crippen LogP) is 2.54. The van der Waals surface area contributed by atoms with Gasteiger partial charge in [-0.05, 0) is 37.3 Å². The maximum atomic E-state index is 12.1. The molecule has 1 aromatic rings. The van der Waals surface area contributed by atoms with Gasteiger partial charge >= 0.3 is 0 Å². The van der Waals surface area contributed by atoms with Crippen LogP contribution in [0.4, 0.5) is 0 Å². The zero-order valence-corrected chi connectivity index (χ0v) is 13.1. The molecule has 0 spiro atoms. The first-order valence-corrected chi connectivity index (χ1v) is 7.92. The number of amides is 1. The number of carbonyl (C=O) groups is 1. The molecule has 0 bridgehead atoms. The van der Waals surface area contributed by atoms with E-state index in [4.69, 9.17) is 5.73 Å². The fraction of sp³-hybridized carbons (Fsp3) is 0.533. The molecule has 1 aliphatic heterocycles. The van der Waals surface area contributed by atoms with E-state index in [0.29, 0.717) is 5.92 Å². The molecule has 5 heteroatoms. The van der Waals surface area contributed by atoms with Crippen LogP contribution in [0.2, 0.25) is 0 Å². The van der Waals surface area contributed by atoms with Gasteiger partial charge in [-0.3, -0.25) is 4.79 Å². The summed E-state index contributed by atoms with van der Waals surface area (Å²) in [5.74, 6) is 1.88. The lowest BCUT2D eigenvalue weighted by atomic mass is 10.2. The quantitative estimate of drug-likeness (QED) is 0.869. The number of likely N-dealkylation sites (tertiary alicyclic amines) is 1. The number of hydrogen-bond acceptors (Lipinski definition) is 3. The molecule has 2 aliphatic rings. The number of hydrogen-bond donors (Lipinski definition) is 1. The van der Waals surface area contributed by atoms with Crippen molar-refractivity contribution in [2.24, 2.45) is 11.7 Å². The van der Waals surface area contributed by atoms with Crippen LogP contribution in [-0.4, -0.2) is 35.2 Å². The standard InChI is InChI=1S/C15H20N2OS.ClH/c16-15(7-8-15)14(18)17-9-6-12(10-17)11-19-13-4-2-1-3-5-13;/h1-5,12H,6-11,16H2;1H. The Morgan fingerprint density at radius 2 is 2.05 bits per heavy atom. The van der Waals surface area contributed by atoms with E-state index in [1.54, 1.807) is 0 Å². The van der Waals surface area contributed by atoms with Crippen LogP contribution in [0.15, 0.2) is 35.2 Å². The van der Waals surface area contributed by atoms with Gasteiger partial charge in [-0.25, -0.2) is 0 Å². The van der Waals surface area contributed by atoms with Crippen LogP contribution < -0.4 is 5.73 Å². The molecule has 1 atom stereocenters. The van der Waals surface area contributed by atoms with Crippen molar-refractivity contribution in [1.82, 2.24) is 4.90 Å². The normalized spacial score (nSPS) is 23.2. The molecular formula is C15H21ClN2OS. The molecule has 2 N–H and O–H groups in total. The van der Waals surface area contributed by atoms with Gasteiger partial charge in [-0.2, -0.15) is 0 Å². The molecule has 2 fully saturated rings. The van der Waals surface area contributed by atoms with Crippen molar-refractivity contribution >= 4 is 30.1 Å². The Morgan fingerprint density at radius 3 is 2.70 bits per heavy atom. The SMILES string of the molecule is Cl.NC1(C(=O)N2CCC(CSc3ccccc3)C2)CC1. The summed E-state index contributed by atoms with van der Waals surface area (Å²) >= 11 is 1.89. The van der Waals surface area contributed by atoms with E-state index < -0.39 is 5.54 Å². The van der Waals surface area contributed by atoms with E-state index in [9.17, 15) is 4.79 Å². The first-order valence-electron chi connectivity index (χ1n) is 6.93. The zero-order valence-electron chi connectivity index (χ0n) is 11.5. The fourth-order valence-corrected chi connectivity index (χ4v) is 3.60. The molecule has 1 amide bonds. The first kappa shape index (κ1) is 15.7. The number of rotatable bonds is 4. The summed E-state index contributed by atoms with van der Waals surface area (Å²) in [5, 5.41) is 0. The summed E-state index contributed by atoms with van der Waals surface area (Å²) in [6.45, 7) is 1.77. The van der Waals surface area contributed by atoms with Crippen LogP contribution in [-0.2, 0) is 4.79 Å². The van der Waals surface area contributed by atoms with Crippen LogP contribution in [0.25, 0.3) is 0 Å². The molecule has 110 valence electrons. The van der Waals surface area contributed by atoms with E-state index >= 15 is 0 Å². The third kappa shape index (κ3) is 3.48. The maximum absolute atomic E-state index is 12.1. The summed E-state index contributed by atoms with van der Waals surface area (Å²) < 4.78 is 0. The van der Waals surface area contributed by atoms with Crippen LogP contribution in [0.3, 0.4) is 0 Å². The Bertz CT molecular complexity index is 464. The van der Waals surface area contributed by atoms with Gasteiger partial charge in [0.25, 0.3) is 0 Å². The van der Waals surface area contributed by atoms with Crippen LogP contribution >= 0.6 is 24.2 Å². The van der Waals surface area contributed by atoms with Gasteiger partial charge < -0.3 is 10.6 Å². The summed E-state index contributed by atoms with van der Waals surface area (Å²) in [6.07, 6.45) is 2.85. The molecule has 0 radical (unpaired) electrons. The number of nitrogens with zero attached hydrogens (tertiary/aromatic N) is 1. The highest BCUT2D eigenvalue weighted by molar-refractivity contribution is 7.99. The molecule has 1 heterocycles. The van der Waals surface area contributed by atoms with Crippen molar-refractivity contribution < 1.29 is 4.79 Å². The van der Waals surface area contributed by atoms with Gasteiger partial charge in [0, 0.05) is 23.7 Å². The van der Waals surface area contributed by atoms with Crippen molar-refractivity contribution in [3.63, 3.8) is 0 Å². The minimum atomic E-state index is -0.499. The van der Waals surface area contributed by atoms with Crippen molar-refractivity contribution in [2.45, 2.75) is 29.7 Å². The number of carbonyl (C=O) groups excluding carboxylic acids is 1. The van der Waals surface area contributed by atoms with Gasteiger partial charge in [-0.1, -0.05) is 18.2 Å². The lowest BCUT2D eigenvalue weighted by Crippen LogP contribution is -2.44. The molecule has 1 unspecified atom stereocenters. The molecule has 1 saturated carbocycles. The van der Waals surface area contributed by atoms with Gasteiger partial charge in [0.1, 0.15) is 0 Å². The Morgan fingerprint density at radius 1 is 1.35 bits per heavy atom. The lowest BCUT2D eigenvalue weighted by Gasteiger charge is -2.20. The van der Waals surface area contributed by atoms with Gasteiger partial charge in [-0.15, -0.1) is 24.2 Å². The largest absolute Gasteiger partial charge is 0.341 e. The number of nitrogens with two attached hydrogens (primary N) is 1. The highest BCUT2D eigenvalue weighted by atomic mass is 35.5. The van der Waals surface area contributed by atoms with Gasteiger partial charge in [0.05, 0.1) is 5.54 Å².